The lowest BCUT2D eigenvalue weighted by molar-refractivity contribution is -0.120. The molecule has 0 aromatic heterocycles. The quantitative estimate of drug-likeness (QED) is 0.824. The highest BCUT2D eigenvalue weighted by molar-refractivity contribution is 5.78. The van der Waals surface area contributed by atoms with Crippen molar-refractivity contribution < 1.29 is 4.79 Å². The van der Waals surface area contributed by atoms with Gasteiger partial charge in [-0.2, -0.15) is 0 Å². The van der Waals surface area contributed by atoms with E-state index in [1.54, 1.807) is 0 Å². The SMILES string of the molecule is Cc1cccc(CC(=O)NCC2CC(N)C2)c1. The van der Waals surface area contributed by atoms with Crippen molar-refractivity contribution in [3.8, 4) is 0 Å². The number of amides is 1. The monoisotopic (exact) mass is 232 g/mol. The molecule has 1 amide bonds. The summed E-state index contributed by atoms with van der Waals surface area (Å²) in [5, 5.41) is 2.98. The van der Waals surface area contributed by atoms with Gasteiger partial charge < -0.3 is 11.1 Å². The van der Waals surface area contributed by atoms with Crippen molar-refractivity contribution in [1.29, 1.82) is 0 Å². The number of hydrogen-bond donors (Lipinski definition) is 2. The van der Waals surface area contributed by atoms with Crippen LogP contribution in [0.15, 0.2) is 24.3 Å². The summed E-state index contributed by atoms with van der Waals surface area (Å²) in [6.45, 7) is 2.81. The maximum absolute atomic E-state index is 11.7. The van der Waals surface area contributed by atoms with E-state index in [9.17, 15) is 4.79 Å². The van der Waals surface area contributed by atoms with E-state index < -0.39 is 0 Å². The van der Waals surface area contributed by atoms with Crippen molar-refractivity contribution in [3.63, 3.8) is 0 Å². The van der Waals surface area contributed by atoms with Gasteiger partial charge in [0.15, 0.2) is 0 Å². The molecule has 1 aliphatic carbocycles. The zero-order valence-electron chi connectivity index (χ0n) is 10.3. The summed E-state index contributed by atoms with van der Waals surface area (Å²) in [5.41, 5.74) is 7.97. The molecule has 1 aliphatic rings. The highest BCUT2D eigenvalue weighted by Gasteiger charge is 2.25. The predicted molar refractivity (Wildman–Crippen MR) is 68.6 cm³/mol. The van der Waals surface area contributed by atoms with Crippen LogP contribution >= 0.6 is 0 Å². The fourth-order valence-corrected chi connectivity index (χ4v) is 2.28. The molecule has 0 saturated heterocycles. The lowest BCUT2D eigenvalue weighted by Crippen LogP contribution is -2.42. The third kappa shape index (κ3) is 3.56. The number of nitrogens with two attached hydrogens (primary N) is 1. The molecule has 1 aromatic carbocycles. The molecule has 0 bridgehead atoms. The number of aryl methyl sites for hydroxylation is 1. The van der Waals surface area contributed by atoms with Crippen LogP contribution in [0.3, 0.4) is 0 Å². The highest BCUT2D eigenvalue weighted by atomic mass is 16.1. The van der Waals surface area contributed by atoms with Crippen LogP contribution < -0.4 is 11.1 Å². The fraction of sp³-hybridized carbons (Fsp3) is 0.500. The largest absolute Gasteiger partial charge is 0.356 e. The van der Waals surface area contributed by atoms with E-state index in [-0.39, 0.29) is 5.91 Å². The number of carbonyl (C=O) groups is 1. The summed E-state index contributed by atoms with van der Waals surface area (Å²) in [5.74, 6) is 0.697. The van der Waals surface area contributed by atoms with Crippen LogP contribution in [-0.4, -0.2) is 18.5 Å². The summed E-state index contributed by atoms with van der Waals surface area (Å²) >= 11 is 0. The smallest absolute Gasteiger partial charge is 0.224 e. The normalized spacial score (nSPS) is 22.9. The van der Waals surface area contributed by atoms with Crippen molar-refractivity contribution in [1.82, 2.24) is 5.32 Å². The molecule has 2 rings (SSSR count). The van der Waals surface area contributed by atoms with Gasteiger partial charge in [-0.05, 0) is 31.2 Å². The molecule has 3 N–H and O–H groups in total. The second kappa shape index (κ2) is 5.32. The fourth-order valence-electron chi connectivity index (χ4n) is 2.28. The molecule has 1 fully saturated rings. The molecule has 3 heteroatoms. The first-order chi connectivity index (χ1) is 8.13. The second-order valence-corrected chi connectivity index (χ2v) is 5.07. The molecule has 0 aliphatic heterocycles. The van der Waals surface area contributed by atoms with Crippen molar-refractivity contribution in [2.45, 2.75) is 32.2 Å². The van der Waals surface area contributed by atoms with Gasteiger partial charge in [-0.15, -0.1) is 0 Å². The van der Waals surface area contributed by atoms with Gasteiger partial charge in [-0.25, -0.2) is 0 Å². The molecule has 1 saturated carbocycles. The third-order valence-electron chi connectivity index (χ3n) is 3.31. The number of nitrogens with one attached hydrogen (secondary N) is 1. The van der Waals surface area contributed by atoms with Crippen molar-refractivity contribution >= 4 is 5.91 Å². The van der Waals surface area contributed by atoms with Gasteiger partial charge in [0.2, 0.25) is 5.91 Å². The van der Waals surface area contributed by atoms with E-state index in [2.05, 4.69) is 11.4 Å². The van der Waals surface area contributed by atoms with Gasteiger partial charge in [0.05, 0.1) is 6.42 Å². The first kappa shape index (κ1) is 12.1. The summed E-state index contributed by atoms with van der Waals surface area (Å²) in [7, 11) is 0. The van der Waals surface area contributed by atoms with Gasteiger partial charge in [0.25, 0.3) is 0 Å². The molecule has 3 nitrogen and oxygen atoms in total. The van der Waals surface area contributed by atoms with E-state index in [4.69, 9.17) is 5.73 Å². The Morgan fingerprint density at radius 3 is 2.88 bits per heavy atom. The molecule has 0 atom stereocenters. The average molecular weight is 232 g/mol. The number of benzene rings is 1. The second-order valence-electron chi connectivity index (χ2n) is 5.07. The number of hydrogen-bond acceptors (Lipinski definition) is 2. The third-order valence-corrected chi connectivity index (χ3v) is 3.31. The zero-order valence-corrected chi connectivity index (χ0v) is 10.3. The Morgan fingerprint density at radius 1 is 1.47 bits per heavy atom. The average Bonchev–Trinajstić information content (AvgIpc) is 2.23. The molecule has 0 heterocycles. The van der Waals surface area contributed by atoms with Crippen LogP contribution in [0.5, 0.6) is 0 Å². The highest BCUT2D eigenvalue weighted by Crippen LogP contribution is 2.24. The summed E-state index contributed by atoms with van der Waals surface area (Å²) < 4.78 is 0. The van der Waals surface area contributed by atoms with Crippen LogP contribution in [-0.2, 0) is 11.2 Å². The van der Waals surface area contributed by atoms with E-state index in [1.165, 1.54) is 5.56 Å². The van der Waals surface area contributed by atoms with Gasteiger partial charge in [-0.3, -0.25) is 4.79 Å². The Hall–Kier alpha value is -1.35. The Kier molecular flexibility index (Phi) is 3.79. The van der Waals surface area contributed by atoms with E-state index in [1.807, 2.05) is 25.1 Å². The Labute approximate surface area is 102 Å². The first-order valence-electron chi connectivity index (χ1n) is 6.21. The lowest BCUT2D eigenvalue weighted by Gasteiger charge is -2.32. The predicted octanol–water partition coefficient (Wildman–Crippen LogP) is 1.39. The lowest BCUT2D eigenvalue weighted by atomic mass is 9.81. The minimum atomic E-state index is 0.107. The van der Waals surface area contributed by atoms with Crippen LogP contribution in [0.2, 0.25) is 0 Å². The van der Waals surface area contributed by atoms with E-state index in [0.717, 1.165) is 24.9 Å². The topological polar surface area (TPSA) is 55.1 Å². The number of carbonyl (C=O) groups excluding carboxylic acids is 1. The molecule has 0 spiro atoms. The van der Waals surface area contributed by atoms with Crippen LogP contribution in [0.25, 0.3) is 0 Å². The van der Waals surface area contributed by atoms with E-state index in [0.29, 0.717) is 18.4 Å². The molecule has 92 valence electrons. The molecule has 0 unspecified atom stereocenters. The van der Waals surface area contributed by atoms with Crippen LogP contribution in [0.4, 0.5) is 0 Å². The van der Waals surface area contributed by atoms with Crippen molar-refractivity contribution in [3.05, 3.63) is 35.4 Å². The van der Waals surface area contributed by atoms with Gasteiger partial charge >= 0.3 is 0 Å². The molecular weight excluding hydrogens is 212 g/mol. The van der Waals surface area contributed by atoms with Crippen LogP contribution in [0, 0.1) is 12.8 Å². The molecule has 1 aromatic rings. The molecule has 17 heavy (non-hydrogen) atoms. The van der Waals surface area contributed by atoms with E-state index >= 15 is 0 Å². The standard InChI is InChI=1S/C14H20N2O/c1-10-3-2-4-11(5-10)8-14(17)16-9-12-6-13(15)7-12/h2-5,12-13H,6-9,15H2,1H3,(H,16,17). The molecule has 0 radical (unpaired) electrons. The van der Waals surface area contributed by atoms with Gasteiger partial charge in [0, 0.05) is 12.6 Å². The minimum absolute atomic E-state index is 0.107. The van der Waals surface area contributed by atoms with Crippen molar-refractivity contribution in [2.75, 3.05) is 6.54 Å². The molecular formula is C14H20N2O. The van der Waals surface area contributed by atoms with Crippen LogP contribution in [0.1, 0.15) is 24.0 Å². The number of rotatable bonds is 4. The van der Waals surface area contributed by atoms with Gasteiger partial charge in [0.1, 0.15) is 0 Å². The maximum Gasteiger partial charge on any atom is 0.224 e. The minimum Gasteiger partial charge on any atom is -0.356 e. The Bertz CT molecular complexity index is 397. The van der Waals surface area contributed by atoms with Gasteiger partial charge in [-0.1, -0.05) is 29.8 Å². The van der Waals surface area contributed by atoms with Crippen molar-refractivity contribution in [2.24, 2.45) is 11.7 Å². The Balaban J connectivity index is 1.73. The maximum atomic E-state index is 11.7. The Morgan fingerprint density at radius 2 is 2.24 bits per heavy atom. The summed E-state index contributed by atoms with van der Waals surface area (Å²) in [4.78, 5) is 11.7. The first-order valence-corrected chi connectivity index (χ1v) is 6.21. The summed E-state index contributed by atoms with van der Waals surface area (Å²) in [6.07, 6.45) is 2.57. The zero-order chi connectivity index (χ0) is 12.3. The summed E-state index contributed by atoms with van der Waals surface area (Å²) in [6, 6.07) is 8.43.